The lowest BCUT2D eigenvalue weighted by Crippen LogP contribution is -2.23. The molecule has 5 rings (SSSR count). The first-order valence-corrected chi connectivity index (χ1v) is 10.8. The Morgan fingerprint density at radius 3 is 2.38 bits per heavy atom. The zero-order valence-electron chi connectivity index (χ0n) is 19.4. The van der Waals surface area contributed by atoms with Crippen LogP contribution in [-0.2, 0) is 5.54 Å². The summed E-state index contributed by atoms with van der Waals surface area (Å²) in [5.41, 5.74) is 11.1. The third-order valence-electron chi connectivity index (χ3n) is 5.64. The predicted molar refractivity (Wildman–Crippen MR) is 130 cm³/mol. The lowest BCUT2D eigenvalue weighted by molar-refractivity contribution is 0.413. The smallest absolute Gasteiger partial charge is 0.219 e. The lowest BCUT2D eigenvalue weighted by Gasteiger charge is -2.25. The van der Waals surface area contributed by atoms with E-state index in [0.717, 1.165) is 45.1 Å². The molecule has 5 aromatic rings. The summed E-state index contributed by atoms with van der Waals surface area (Å²) in [5.74, 6) is 1.72. The Kier molecular flexibility index (Phi) is 4.87. The predicted octanol–water partition coefficient (Wildman–Crippen LogP) is 4.26. The highest BCUT2D eigenvalue weighted by molar-refractivity contribution is 5.87. The van der Waals surface area contributed by atoms with Crippen LogP contribution < -0.4 is 5.73 Å². The van der Waals surface area contributed by atoms with Crippen LogP contribution in [0, 0.1) is 18.3 Å². The van der Waals surface area contributed by atoms with Crippen molar-refractivity contribution in [3.05, 3.63) is 66.5 Å². The fourth-order valence-electron chi connectivity index (χ4n) is 4.11. The molecule has 0 unspecified atom stereocenters. The number of anilines is 1. The van der Waals surface area contributed by atoms with Crippen molar-refractivity contribution in [3.8, 4) is 34.3 Å². The summed E-state index contributed by atoms with van der Waals surface area (Å²) in [4.78, 5) is 17.5. The van der Waals surface area contributed by atoms with Crippen LogP contribution in [0.3, 0.4) is 0 Å². The quantitative estimate of drug-likeness (QED) is 0.436. The monoisotopic (exact) mass is 449 g/mol. The SMILES string of the molecule is Cc1ncnn1-c1ccc(C#N)cc1-c1nc2cc(-c3cnc(N)nc3)ccc2n1C(C)(C)C. The molecule has 0 aliphatic carbocycles. The van der Waals surface area contributed by atoms with Gasteiger partial charge in [-0.05, 0) is 63.6 Å². The minimum atomic E-state index is -0.284. The number of aryl methyl sites for hydroxylation is 1. The number of benzene rings is 2. The van der Waals surface area contributed by atoms with Crippen molar-refractivity contribution in [1.82, 2.24) is 34.3 Å². The Morgan fingerprint density at radius 2 is 1.74 bits per heavy atom. The van der Waals surface area contributed by atoms with Crippen LogP contribution in [0.1, 0.15) is 32.2 Å². The first kappa shape index (κ1) is 21.3. The van der Waals surface area contributed by atoms with Crippen LogP contribution in [0.5, 0.6) is 0 Å². The van der Waals surface area contributed by atoms with Crippen LogP contribution in [0.15, 0.2) is 55.1 Å². The molecule has 0 saturated carbocycles. The molecule has 0 atom stereocenters. The lowest BCUT2D eigenvalue weighted by atomic mass is 10.0. The second-order valence-corrected chi connectivity index (χ2v) is 9.04. The maximum atomic E-state index is 9.60. The molecular weight excluding hydrogens is 426 g/mol. The van der Waals surface area contributed by atoms with E-state index in [-0.39, 0.29) is 11.5 Å². The normalized spacial score (nSPS) is 11.6. The van der Waals surface area contributed by atoms with Gasteiger partial charge in [-0.2, -0.15) is 10.4 Å². The van der Waals surface area contributed by atoms with Crippen molar-refractivity contribution < 1.29 is 0 Å². The van der Waals surface area contributed by atoms with Gasteiger partial charge >= 0.3 is 0 Å². The molecule has 168 valence electrons. The fourth-order valence-corrected chi connectivity index (χ4v) is 4.11. The maximum Gasteiger partial charge on any atom is 0.219 e. The maximum absolute atomic E-state index is 9.60. The standard InChI is InChI=1S/C25H23N9/c1-15-30-14-31-34(15)21-7-5-16(11-26)9-19(21)23-32-20-10-17(18-12-28-24(27)29-13-18)6-8-22(20)33(23)25(2,3)4/h5-10,12-14H,1-4H3,(H2,27,28,29). The summed E-state index contributed by atoms with van der Waals surface area (Å²) >= 11 is 0. The molecule has 0 saturated heterocycles. The molecule has 0 spiro atoms. The Morgan fingerprint density at radius 1 is 0.971 bits per heavy atom. The number of imidazole rings is 1. The molecule has 34 heavy (non-hydrogen) atoms. The number of hydrogen-bond acceptors (Lipinski definition) is 7. The summed E-state index contributed by atoms with van der Waals surface area (Å²) in [7, 11) is 0. The summed E-state index contributed by atoms with van der Waals surface area (Å²) in [6, 6.07) is 13.9. The Bertz CT molecular complexity index is 1560. The van der Waals surface area contributed by atoms with Crippen LogP contribution in [0.4, 0.5) is 5.95 Å². The highest BCUT2D eigenvalue weighted by Crippen LogP contribution is 2.36. The minimum Gasteiger partial charge on any atom is -0.368 e. The van der Waals surface area contributed by atoms with E-state index in [1.165, 1.54) is 6.33 Å². The van der Waals surface area contributed by atoms with Crippen molar-refractivity contribution in [2.24, 2.45) is 0 Å². The van der Waals surface area contributed by atoms with Gasteiger partial charge < -0.3 is 10.3 Å². The molecular formula is C25H23N9. The van der Waals surface area contributed by atoms with Gasteiger partial charge in [-0.25, -0.2) is 24.6 Å². The number of nitrogens with zero attached hydrogens (tertiary/aromatic N) is 8. The molecule has 2 N–H and O–H groups in total. The van der Waals surface area contributed by atoms with E-state index in [4.69, 9.17) is 10.7 Å². The van der Waals surface area contributed by atoms with E-state index in [1.54, 1.807) is 23.1 Å². The molecule has 0 amide bonds. The zero-order chi connectivity index (χ0) is 24.0. The van der Waals surface area contributed by atoms with Gasteiger partial charge in [0.05, 0.1) is 28.4 Å². The average molecular weight is 450 g/mol. The Labute approximate surface area is 196 Å². The highest BCUT2D eigenvalue weighted by Gasteiger charge is 2.25. The van der Waals surface area contributed by atoms with Gasteiger partial charge in [0.25, 0.3) is 0 Å². The first-order valence-electron chi connectivity index (χ1n) is 10.8. The molecule has 3 heterocycles. The topological polar surface area (TPSA) is 124 Å². The number of nitrogens with two attached hydrogens (primary N) is 1. The molecule has 2 aromatic carbocycles. The van der Waals surface area contributed by atoms with Crippen LogP contribution >= 0.6 is 0 Å². The largest absolute Gasteiger partial charge is 0.368 e. The molecule has 0 fully saturated rings. The molecule has 9 heteroatoms. The summed E-state index contributed by atoms with van der Waals surface area (Å²) in [6.07, 6.45) is 4.92. The summed E-state index contributed by atoms with van der Waals surface area (Å²) in [5, 5.41) is 14.0. The number of rotatable bonds is 3. The van der Waals surface area contributed by atoms with Crippen molar-refractivity contribution in [2.45, 2.75) is 33.2 Å². The number of hydrogen-bond donors (Lipinski definition) is 1. The highest BCUT2D eigenvalue weighted by atomic mass is 15.3. The number of nitrogen functional groups attached to an aromatic ring is 1. The van der Waals surface area contributed by atoms with Gasteiger partial charge in [0, 0.05) is 29.1 Å². The van der Waals surface area contributed by atoms with Crippen LogP contribution in [-0.4, -0.2) is 34.3 Å². The van der Waals surface area contributed by atoms with Crippen molar-refractivity contribution in [1.29, 1.82) is 5.26 Å². The molecule has 0 aliphatic rings. The van der Waals surface area contributed by atoms with E-state index >= 15 is 0 Å². The van der Waals surface area contributed by atoms with E-state index in [9.17, 15) is 5.26 Å². The number of fused-ring (bicyclic) bond motifs is 1. The Hall–Kier alpha value is -4.58. The van der Waals surface area contributed by atoms with E-state index < -0.39 is 0 Å². The first-order chi connectivity index (χ1) is 16.3. The molecule has 9 nitrogen and oxygen atoms in total. The van der Waals surface area contributed by atoms with Gasteiger partial charge in [-0.15, -0.1) is 0 Å². The third kappa shape index (κ3) is 3.55. The van der Waals surface area contributed by atoms with Gasteiger partial charge in [0.15, 0.2) is 0 Å². The van der Waals surface area contributed by atoms with Crippen LogP contribution in [0.2, 0.25) is 0 Å². The van der Waals surface area contributed by atoms with E-state index in [2.05, 4.69) is 57.5 Å². The molecule has 0 aliphatic heterocycles. The van der Waals surface area contributed by atoms with Gasteiger partial charge in [0.1, 0.15) is 18.0 Å². The van der Waals surface area contributed by atoms with Gasteiger partial charge in [0.2, 0.25) is 5.95 Å². The third-order valence-corrected chi connectivity index (χ3v) is 5.64. The van der Waals surface area contributed by atoms with E-state index in [1.807, 2.05) is 31.2 Å². The molecule has 0 radical (unpaired) electrons. The van der Waals surface area contributed by atoms with Crippen LogP contribution in [0.25, 0.3) is 39.2 Å². The van der Waals surface area contributed by atoms with Gasteiger partial charge in [-0.3, -0.25) is 0 Å². The second kappa shape index (κ2) is 7.78. The average Bonchev–Trinajstić information content (AvgIpc) is 3.42. The number of nitriles is 1. The summed E-state index contributed by atoms with van der Waals surface area (Å²) in [6.45, 7) is 8.29. The van der Waals surface area contributed by atoms with Crippen molar-refractivity contribution >= 4 is 17.0 Å². The van der Waals surface area contributed by atoms with Crippen molar-refractivity contribution in [3.63, 3.8) is 0 Å². The minimum absolute atomic E-state index is 0.234. The van der Waals surface area contributed by atoms with Crippen molar-refractivity contribution in [2.75, 3.05) is 5.73 Å². The fraction of sp³-hybridized carbons (Fsp3) is 0.200. The second-order valence-electron chi connectivity index (χ2n) is 9.04. The number of aromatic nitrogens is 7. The zero-order valence-corrected chi connectivity index (χ0v) is 19.4. The molecule has 3 aromatic heterocycles. The Balaban J connectivity index is 1.79. The van der Waals surface area contributed by atoms with Gasteiger partial charge in [-0.1, -0.05) is 6.07 Å². The van der Waals surface area contributed by atoms with E-state index in [0.29, 0.717) is 5.56 Å². The summed E-state index contributed by atoms with van der Waals surface area (Å²) < 4.78 is 3.96. The molecule has 0 bridgehead atoms.